The largest absolute Gasteiger partial charge is 0.408 e. The fourth-order valence-electron chi connectivity index (χ4n) is 3.97. The van der Waals surface area contributed by atoms with Crippen LogP contribution in [0.1, 0.15) is 38.2 Å². The van der Waals surface area contributed by atoms with Crippen LogP contribution in [0.15, 0.2) is 24.5 Å². The molecule has 0 bridgehead atoms. The third kappa shape index (κ3) is 4.75. The van der Waals surface area contributed by atoms with Gasteiger partial charge in [0.1, 0.15) is 41.3 Å². The zero-order valence-electron chi connectivity index (χ0n) is 18.8. The highest BCUT2D eigenvalue weighted by Crippen LogP contribution is 2.36. The summed E-state index contributed by atoms with van der Waals surface area (Å²) in [4.78, 5) is 18.7. The number of pyridine rings is 1. The van der Waals surface area contributed by atoms with Crippen LogP contribution in [-0.4, -0.2) is 68.3 Å². The van der Waals surface area contributed by atoms with Crippen LogP contribution in [0, 0.1) is 0 Å². The quantitative estimate of drug-likeness (QED) is 0.512. The smallest absolute Gasteiger partial charge is 0.385 e. The van der Waals surface area contributed by atoms with Gasteiger partial charge in [0.25, 0.3) is 0 Å². The normalized spacial score (nSPS) is 21.0. The Labute approximate surface area is 192 Å². The van der Waals surface area contributed by atoms with E-state index in [9.17, 15) is 22.7 Å². The maximum Gasteiger partial charge on any atom is 0.408 e. The van der Waals surface area contributed by atoms with Crippen LogP contribution >= 0.6 is 0 Å². The minimum atomic E-state index is -4.54. The van der Waals surface area contributed by atoms with Gasteiger partial charge < -0.3 is 24.6 Å². The van der Waals surface area contributed by atoms with E-state index in [1.165, 1.54) is 32.5 Å². The lowest BCUT2D eigenvalue weighted by Crippen LogP contribution is -2.46. The Morgan fingerprint density at radius 1 is 1.21 bits per heavy atom. The second-order valence-electron chi connectivity index (χ2n) is 8.18. The number of piperidine rings is 1. The highest BCUT2D eigenvalue weighted by Gasteiger charge is 2.40. The Morgan fingerprint density at radius 3 is 2.62 bits per heavy atom. The van der Waals surface area contributed by atoms with Gasteiger partial charge in [0.05, 0.1) is 24.4 Å². The summed E-state index contributed by atoms with van der Waals surface area (Å²) < 4.78 is 60.9. The van der Waals surface area contributed by atoms with Gasteiger partial charge in [0.2, 0.25) is 5.95 Å². The number of aromatic nitrogens is 5. The number of fused-ring (bicyclic) bond motifs is 1. The molecule has 0 spiro atoms. The van der Waals surface area contributed by atoms with Gasteiger partial charge in [-0.15, -0.1) is 0 Å². The Balaban J connectivity index is 1.62. The van der Waals surface area contributed by atoms with E-state index in [-0.39, 0.29) is 29.2 Å². The predicted octanol–water partition coefficient (Wildman–Crippen LogP) is 3.70. The molecule has 1 aliphatic heterocycles. The number of aliphatic hydroxyl groups is 1. The Bertz CT molecular complexity index is 1150. The average Bonchev–Trinajstić information content (AvgIpc) is 3.17. The molecule has 4 heterocycles. The van der Waals surface area contributed by atoms with Crippen molar-refractivity contribution < 1.29 is 27.4 Å². The molecule has 34 heavy (non-hydrogen) atoms. The van der Waals surface area contributed by atoms with Crippen LogP contribution in [0.4, 0.5) is 35.1 Å². The van der Waals surface area contributed by atoms with Crippen molar-refractivity contribution in [1.29, 1.82) is 0 Å². The summed E-state index contributed by atoms with van der Waals surface area (Å²) >= 11 is 0. The molecule has 0 radical (unpaired) electrons. The van der Waals surface area contributed by atoms with E-state index in [0.717, 1.165) is 11.5 Å². The number of anilines is 3. The molecule has 13 heteroatoms. The molecule has 184 valence electrons. The summed E-state index contributed by atoms with van der Waals surface area (Å²) in [5.41, 5.74) is 0.380. The molecular weight excluding hydrogens is 458 g/mol. The van der Waals surface area contributed by atoms with Crippen LogP contribution in [0.25, 0.3) is 11.0 Å². The summed E-state index contributed by atoms with van der Waals surface area (Å²) in [6, 6.07) is 1.08. The molecular formula is C21H25F4N7O2. The lowest BCUT2D eigenvalue weighted by atomic mass is 10.1. The molecule has 0 saturated carbocycles. The number of nitrogens with zero attached hydrogens (tertiary/aromatic N) is 6. The highest BCUT2D eigenvalue weighted by atomic mass is 19.4. The third-order valence-electron chi connectivity index (χ3n) is 5.80. The SMILES string of the molecule is CO[C@@H]1CCN(c2nccc(Nc3cc4c(cn3)nc([C@H](C)O)n4[C@@H](C)C(F)(F)F)n2)C[C@@H]1F. The van der Waals surface area contributed by atoms with Crippen molar-refractivity contribution in [3.63, 3.8) is 0 Å². The number of imidazole rings is 1. The van der Waals surface area contributed by atoms with E-state index < -0.39 is 30.6 Å². The number of nitrogens with one attached hydrogen (secondary N) is 1. The van der Waals surface area contributed by atoms with Crippen LogP contribution in [0.3, 0.4) is 0 Å². The van der Waals surface area contributed by atoms with E-state index in [1.807, 2.05) is 0 Å². The molecule has 0 aliphatic carbocycles. The van der Waals surface area contributed by atoms with Crippen LogP contribution in [-0.2, 0) is 4.74 Å². The first-order valence-corrected chi connectivity index (χ1v) is 10.7. The second-order valence-corrected chi connectivity index (χ2v) is 8.18. The number of hydrogen-bond donors (Lipinski definition) is 2. The van der Waals surface area contributed by atoms with Gasteiger partial charge in [-0.05, 0) is 26.3 Å². The topological polar surface area (TPSA) is 101 Å². The van der Waals surface area contributed by atoms with Crippen LogP contribution in [0.2, 0.25) is 0 Å². The van der Waals surface area contributed by atoms with E-state index in [4.69, 9.17) is 4.74 Å². The van der Waals surface area contributed by atoms with E-state index >= 15 is 0 Å². The molecule has 0 amide bonds. The summed E-state index contributed by atoms with van der Waals surface area (Å²) in [7, 11) is 1.48. The number of alkyl halides is 4. The van der Waals surface area contributed by atoms with Crippen molar-refractivity contribution in [3.05, 3.63) is 30.4 Å². The first kappa shape index (κ1) is 24.1. The summed E-state index contributed by atoms with van der Waals surface area (Å²) in [6.07, 6.45) is -4.08. The van der Waals surface area contributed by atoms with Gasteiger partial charge in [-0.1, -0.05) is 0 Å². The Morgan fingerprint density at radius 2 is 1.97 bits per heavy atom. The number of methoxy groups -OCH3 is 1. The molecule has 4 atom stereocenters. The molecule has 0 aromatic carbocycles. The molecule has 1 aliphatic rings. The standard InChI is InChI=1S/C21H25F4N7O2/c1-11(33)19-28-14-9-27-18(8-15(14)32(19)12(2)21(23,24)25)29-17-4-6-26-20(30-17)31-7-5-16(34-3)13(22)10-31/h4,6,8-9,11-13,16,33H,5,7,10H2,1-3H3,(H,26,27,29,30)/t11-,12-,13-,16+/m0/s1. The van der Waals surface area contributed by atoms with Crippen molar-refractivity contribution in [2.75, 3.05) is 30.4 Å². The van der Waals surface area contributed by atoms with Crippen LogP contribution in [0.5, 0.6) is 0 Å². The molecule has 1 saturated heterocycles. The monoisotopic (exact) mass is 483 g/mol. The highest BCUT2D eigenvalue weighted by molar-refractivity contribution is 5.79. The van der Waals surface area contributed by atoms with E-state index in [2.05, 4.69) is 25.3 Å². The first-order chi connectivity index (χ1) is 16.1. The van der Waals surface area contributed by atoms with E-state index in [0.29, 0.717) is 24.7 Å². The number of hydrogen-bond acceptors (Lipinski definition) is 8. The molecule has 2 N–H and O–H groups in total. The van der Waals surface area contributed by atoms with Crippen molar-refractivity contribution in [1.82, 2.24) is 24.5 Å². The maximum absolute atomic E-state index is 14.3. The van der Waals surface area contributed by atoms with Gasteiger partial charge in [-0.2, -0.15) is 18.2 Å². The summed E-state index contributed by atoms with van der Waals surface area (Å²) in [5, 5.41) is 12.9. The average molecular weight is 483 g/mol. The van der Waals surface area contributed by atoms with Crippen LogP contribution < -0.4 is 10.2 Å². The number of halogens is 4. The third-order valence-corrected chi connectivity index (χ3v) is 5.80. The first-order valence-electron chi connectivity index (χ1n) is 10.7. The minimum Gasteiger partial charge on any atom is -0.385 e. The zero-order chi connectivity index (χ0) is 24.6. The zero-order valence-corrected chi connectivity index (χ0v) is 18.8. The number of rotatable bonds is 6. The van der Waals surface area contributed by atoms with Gasteiger partial charge in [-0.25, -0.2) is 19.3 Å². The second kappa shape index (κ2) is 9.29. The van der Waals surface area contributed by atoms with Crippen molar-refractivity contribution >= 4 is 28.6 Å². The molecule has 0 unspecified atom stereocenters. The molecule has 1 fully saturated rings. The summed E-state index contributed by atoms with van der Waals surface area (Å²) in [5.74, 6) is 0.775. The van der Waals surface area contributed by atoms with Crippen molar-refractivity contribution in [3.8, 4) is 0 Å². The lowest BCUT2D eigenvalue weighted by Gasteiger charge is -2.33. The fraction of sp³-hybridized carbons (Fsp3) is 0.524. The number of aliphatic hydroxyl groups excluding tert-OH is 1. The molecule has 3 aromatic heterocycles. The van der Waals surface area contributed by atoms with Gasteiger partial charge >= 0.3 is 6.18 Å². The summed E-state index contributed by atoms with van der Waals surface area (Å²) in [6.45, 7) is 2.96. The van der Waals surface area contributed by atoms with E-state index in [1.54, 1.807) is 11.0 Å². The van der Waals surface area contributed by atoms with Crippen molar-refractivity contribution in [2.45, 2.75) is 50.9 Å². The lowest BCUT2D eigenvalue weighted by molar-refractivity contribution is -0.163. The van der Waals surface area contributed by atoms with Crippen molar-refractivity contribution in [2.24, 2.45) is 0 Å². The fourth-order valence-corrected chi connectivity index (χ4v) is 3.97. The Kier molecular flexibility index (Phi) is 6.58. The molecule has 3 aromatic rings. The Hall–Kier alpha value is -3.06. The predicted molar refractivity (Wildman–Crippen MR) is 117 cm³/mol. The maximum atomic E-state index is 14.3. The number of ether oxygens (including phenoxy) is 1. The molecule has 9 nitrogen and oxygen atoms in total. The van der Waals surface area contributed by atoms with Gasteiger partial charge in [-0.3, -0.25) is 0 Å². The van der Waals surface area contributed by atoms with Gasteiger partial charge in [0, 0.05) is 25.9 Å². The molecule has 4 rings (SSSR count). The van der Waals surface area contributed by atoms with Gasteiger partial charge in [0.15, 0.2) is 0 Å². The minimum absolute atomic E-state index is 0.0861.